The molecule has 2 aliphatic carbocycles. The first-order chi connectivity index (χ1) is 10.7. The summed E-state index contributed by atoms with van der Waals surface area (Å²) < 4.78 is 0. The van der Waals surface area contributed by atoms with E-state index < -0.39 is 11.6 Å². The third-order valence-corrected chi connectivity index (χ3v) is 7.24. The number of carboxylic acid groups (broad SMARTS) is 1. The maximum absolute atomic E-state index is 11.0. The molecule has 23 heavy (non-hydrogen) atoms. The van der Waals surface area contributed by atoms with E-state index in [0.29, 0.717) is 29.6 Å². The molecule has 0 bridgehead atoms. The zero-order valence-electron chi connectivity index (χ0n) is 14.6. The minimum Gasteiger partial charge on any atom is -0.479 e. The molecule has 0 aromatic rings. The number of aliphatic carboxylic acids is 1. The second-order valence-corrected chi connectivity index (χ2v) is 8.69. The smallest absolute Gasteiger partial charge is 0.335 e. The van der Waals surface area contributed by atoms with E-state index in [1.807, 2.05) is 0 Å². The Balaban J connectivity index is 1.95. The number of halogens is 1. The summed E-state index contributed by atoms with van der Waals surface area (Å²) in [5.74, 6) is 0.900. The van der Waals surface area contributed by atoms with E-state index in [4.69, 9.17) is 5.11 Å². The molecule has 2 N–H and O–H groups in total. The molecule has 0 heterocycles. The second kappa shape index (κ2) is 7.26. The Morgan fingerprint density at radius 3 is 2.83 bits per heavy atom. The highest BCUT2D eigenvalue weighted by Gasteiger charge is 2.50. The molecule has 4 heteroatoms. The average Bonchev–Trinajstić information content (AvgIpc) is 2.83. The van der Waals surface area contributed by atoms with Crippen LogP contribution in [0.25, 0.3) is 0 Å². The van der Waals surface area contributed by atoms with Gasteiger partial charge in [0.25, 0.3) is 0 Å². The summed E-state index contributed by atoms with van der Waals surface area (Å²) in [5.41, 5.74) is 0.396. The van der Waals surface area contributed by atoms with E-state index in [9.17, 15) is 9.90 Å². The number of hydrogen-bond acceptors (Lipinski definition) is 2. The molecule has 0 aromatic carbocycles. The van der Waals surface area contributed by atoms with Gasteiger partial charge in [-0.25, -0.2) is 4.79 Å². The Morgan fingerprint density at radius 2 is 2.22 bits per heavy atom. The third-order valence-electron chi connectivity index (χ3n) is 6.65. The number of allylic oxidation sites excluding steroid dienone is 1. The first-order valence-electron chi connectivity index (χ1n) is 8.97. The zero-order chi connectivity index (χ0) is 17.3. The summed E-state index contributed by atoms with van der Waals surface area (Å²) in [7, 11) is 0. The molecule has 2 rings (SSSR count). The lowest BCUT2D eigenvalue weighted by atomic mass is 9.61. The fourth-order valence-corrected chi connectivity index (χ4v) is 5.77. The first-order valence-corrected chi connectivity index (χ1v) is 9.89. The Bertz CT molecular complexity index is 471. The molecule has 0 spiro atoms. The predicted molar refractivity (Wildman–Crippen MR) is 96.5 cm³/mol. The van der Waals surface area contributed by atoms with E-state index in [-0.39, 0.29) is 0 Å². The minimum atomic E-state index is -1.58. The van der Waals surface area contributed by atoms with Crippen molar-refractivity contribution in [1.82, 2.24) is 0 Å². The predicted octanol–water partition coefficient (Wildman–Crippen LogP) is 5.12. The second-order valence-electron chi connectivity index (χ2n) is 8.23. The molecule has 132 valence electrons. The molecule has 1 unspecified atom stereocenters. The zero-order valence-corrected chi connectivity index (χ0v) is 16.2. The summed E-state index contributed by atoms with van der Waals surface area (Å²) in [6, 6.07) is 0. The van der Waals surface area contributed by atoms with Crippen molar-refractivity contribution in [2.24, 2.45) is 23.2 Å². The van der Waals surface area contributed by atoms with Crippen LogP contribution in [0.15, 0.2) is 10.6 Å². The molecule has 2 saturated carbocycles. The van der Waals surface area contributed by atoms with E-state index >= 15 is 0 Å². The summed E-state index contributed by atoms with van der Waals surface area (Å²) in [4.78, 5) is 13.2. The molecular weight excluding hydrogens is 356 g/mol. The highest BCUT2D eigenvalue weighted by atomic mass is 79.9. The van der Waals surface area contributed by atoms with Crippen molar-refractivity contribution in [1.29, 1.82) is 0 Å². The van der Waals surface area contributed by atoms with Crippen LogP contribution in [-0.4, -0.2) is 21.8 Å². The maximum Gasteiger partial charge on any atom is 0.335 e. The minimum absolute atomic E-state index is 0.339. The topological polar surface area (TPSA) is 57.5 Å². The Labute approximate surface area is 148 Å². The van der Waals surface area contributed by atoms with Gasteiger partial charge in [-0.2, -0.15) is 0 Å². The van der Waals surface area contributed by atoms with Gasteiger partial charge in [0, 0.05) is 0 Å². The molecular formula is C19H31BrO3. The number of carboxylic acids is 1. The van der Waals surface area contributed by atoms with Crippen LogP contribution in [0.4, 0.5) is 0 Å². The Kier molecular flexibility index (Phi) is 5.99. The number of hydrogen-bond donors (Lipinski definition) is 2. The fourth-order valence-electron chi connectivity index (χ4n) is 5.22. The van der Waals surface area contributed by atoms with Gasteiger partial charge in [-0.3, -0.25) is 0 Å². The molecule has 5 atom stereocenters. The lowest BCUT2D eigenvalue weighted by molar-refractivity contribution is -0.157. The van der Waals surface area contributed by atoms with Gasteiger partial charge in [0.05, 0.1) is 0 Å². The van der Waals surface area contributed by atoms with E-state index in [1.54, 1.807) is 5.57 Å². The van der Waals surface area contributed by atoms with Crippen LogP contribution in [0.5, 0.6) is 0 Å². The van der Waals surface area contributed by atoms with Gasteiger partial charge in [0.1, 0.15) is 0 Å². The van der Waals surface area contributed by atoms with Crippen LogP contribution in [0.2, 0.25) is 0 Å². The van der Waals surface area contributed by atoms with Crippen molar-refractivity contribution >= 4 is 21.9 Å². The molecule has 3 nitrogen and oxygen atoms in total. The fraction of sp³-hybridized carbons (Fsp3) is 0.842. The monoisotopic (exact) mass is 386 g/mol. The first kappa shape index (κ1) is 19.0. The van der Waals surface area contributed by atoms with Crippen LogP contribution >= 0.6 is 15.9 Å². The average molecular weight is 387 g/mol. The summed E-state index contributed by atoms with van der Waals surface area (Å²) in [6.07, 6.45) is 8.51. The number of fused-ring (bicyclic) bond motifs is 1. The number of carbonyl (C=O) groups is 1. The largest absolute Gasteiger partial charge is 0.479 e. The highest BCUT2D eigenvalue weighted by molar-refractivity contribution is 9.11. The summed E-state index contributed by atoms with van der Waals surface area (Å²) in [6.45, 7) is 6.19. The van der Waals surface area contributed by atoms with Crippen LogP contribution in [0, 0.1) is 23.2 Å². The van der Waals surface area contributed by atoms with Gasteiger partial charge in [-0.1, -0.05) is 41.8 Å². The Hall–Kier alpha value is -0.350. The van der Waals surface area contributed by atoms with E-state index in [2.05, 4.69) is 34.8 Å². The quantitative estimate of drug-likeness (QED) is 0.665. The standard InChI is InChI=1S/C19H31BrO3/c1-13(6-4-11-19(3,23)17(21)22)15-8-9-16-14(12-20)7-5-10-18(15,16)2/h12-13,15-16,23H,4-11H2,1-3H3,(H,21,22)/t13-,15-,16?,18+,19-/m1/s1. The van der Waals surface area contributed by atoms with Crippen molar-refractivity contribution in [3.8, 4) is 0 Å². The normalized spacial score (nSPS) is 36.5. The van der Waals surface area contributed by atoms with Crippen LogP contribution in [-0.2, 0) is 4.79 Å². The van der Waals surface area contributed by atoms with Crippen LogP contribution in [0.3, 0.4) is 0 Å². The van der Waals surface area contributed by atoms with E-state index in [1.165, 1.54) is 39.0 Å². The lowest BCUT2D eigenvalue weighted by Gasteiger charge is -2.44. The molecule has 0 aliphatic heterocycles. The van der Waals surface area contributed by atoms with Crippen molar-refractivity contribution in [2.75, 3.05) is 0 Å². The van der Waals surface area contributed by atoms with Crippen LogP contribution in [0.1, 0.15) is 72.1 Å². The van der Waals surface area contributed by atoms with Gasteiger partial charge in [0.15, 0.2) is 5.60 Å². The number of aliphatic hydroxyl groups is 1. The van der Waals surface area contributed by atoms with Gasteiger partial charge < -0.3 is 10.2 Å². The van der Waals surface area contributed by atoms with Gasteiger partial charge in [-0.05, 0) is 80.0 Å². The molecule has 0 saturated heterocycles. The van der Waals surface area contributed by atoms with Crippen molar-refractivity contribution in [3.63, 3.8) is 0 Å². The third kappa shape index (κ3) is 3.84. The van der Waals surface area contributed by atoms with Crippen molar-refractivity contribution < 1.29 is 15.0 Å². The van der Waals surface area contributed by atoms with Gasteiger partial charge in [0.2, 0.25) is 0 Å². The van der Waals surface area contributed by atoms with Gasteiger partial charge >= 0.3 is 5.97 Å². The van der Waals surface area contributed by atoms with E-state index in [0.717, 1.165) is 12.8 Å². The lowest BCUT2D eigenvalue weighted by Crippen LogP contribution is -2.36. The SMILES string of the molecule is C[C@H](CCC[C@@](C)(O)C(=O)O)[C@H]1CCC2C(=CBr)CCC[C@]21C. The molecule has 0 aromatic heterocycles. The van der Waals surface area contributed by atoms with Gasteiger partial charge in [-0.15, -0.1) is 0 Å². The molecule has 2 fully saturated rings. The summed E-state index contributed by atoms with van der Waals surface area (Å²) >= 11 is 3.56. The van der Waals surface area contributed by atoms with Crippen LogP contribution < -0.4 is 0 Å². The highest BCUT2D eigenvalue weighted by Crippen LogP contribution is 2.60. The molecule has 0 radical (unpaired) electrons. The van der Waals surface area contributed by atoms with Crippen molar-refractivity contribution in [3.05, 3.63) is 10.6 Å². The Morgan fingerprint density at radius 1 is 1.52 bits per heavy atom. The molecule has 0 amide bonds. The maximum atomic E-state index is 11.0. The number of rotatable bonds is 6. The van der Waals surface area contributed by atoms with Crippen molar-refractivity contribution in [2.45, 2.75) is 77.7 Å². The summed E-state index contributed by atoms with van der Waals surface area (Å²) in [5, 5.41) is 18.9. The molecule has 2 aliphatic rings.